The number of benzene rings is 2. The van der Waals surface area contributed by atoms with Gasteiger partial charge in [-0.2, -0.15) is 0 Å². The van der Waals surface area contributed by atoms with Crippen LogP contribution in [0.3, 0.4) is 0 Å². The van der Waals surface area contributed by atoms with Crippen LogP contribution in [0.2, 0.25) is 0 Å². The van der Waals surface area contributed by atoms with Gasteiger partial charge in [0.1, 0.15) is 18.0 Å². The lowest BCUT2D eigenvalue weighted by Crippen LogP contribution is -2.62. The van der Waals surface area contributed by atoms with Crippen LogP contribution in [0.1, 0.15) is 11.1 Å². The lowest BCUT2D eigenvalue weighted by atomic mass is 9.94. The zero-order chi connectivity index (χ0) is 14.4. The molecule has 0 radical (unpaired) electrons. The summed E-state index contributed by atoms with van der Waals surface area (Å²) in [6.45, 7) is 1.40. The minimum Gasteiger partial charge on any atom is -0.344 e. The number of fused-ring (bicyclic) bond motifs is 3. The maximum Gasteiger partial charge on any atom is 0.238 e. The number of nitrogens with zero attached hydrogens (tertiary/aromatic N) is 2. The van der Waals surface area contributed by atoms with E-state index < -0.39 is 6.23 Å². The molecule has 4 rings (SSSR count). The standard InChI is InChI=1S/C17H16FN2O/c18-13-5-7-14(8-6-13)20-10-9-19-17(20)15-4-2-1-3-12(15)11-16(20)21/h1-8,16,21H,9-11H2/q+1. The molecular weight excluding hydrogens is 267 g/mol. The normalized spacial score (nSPS) is 27.0. The highest BCUT2D eigenvalue weighted by Gasteiger charge is 2.50. The predicted molar refractivity (Wildman–Crippen MR) is 80.6 cm³/mol. The van der Waals surface area contributed by atoms with Gasteiger partial charge in [0, 0.05) is 12.1 Å². The van der Waals surface area contributed by atoms with Crippen LogP contribution in [0.25, 0.3) is 0 Å². The van der Waals surface area contributed by atoms with E-state index >= 15 is 0 Å². The molecule has 2 heterocycles. The molecule has 0 aromatic heterocycles. The van der Waals surface area contributed by atoms with Gasteiger partial charge in [0.05, 0.1) is 18.5 Å². The molecule has 0 aliphatic carbocycles. The molecule has 2 atom stereocenters. The van der Waals surface area contributed by atoms with E-state index in [0.717, 1.165) is 29.2 Å². The highest BCUT2D eigenvalue weighted by atomic mass is 19.1. The Labute approximate surface area is 122 Å². The monoisotopic (exact) mass is 283 g/mol. The van der Waals surface area contributed by atoms with Crippen molar-refractivity contribution in [3.8, 4) is 0 Å². The molecule has 2 aliphatic rings. The largest absolute Gasteiger partial charge is 0.344 e. The van der Waals surface area contributed by atoms with Gasteiger partial charge in [-0.3, -0.25) is 0 Å². The highest BCUT2D eigenvalue weighted by Crippen LogP contribution is 2.38. The van der Waals surface area contributed by atoms with Gasteiger partial charge in [0.25, 0.3) is 0 Å². The fourth-order valence-corrected chi connectivity index (χ4v) is 3.54. The second-order valence-electron chi connectivity index (χ2n) is 5.62. The van der Waals surface area contributed by atoms with Crippen molar-refractivity contribution in [2.75, 3.05) is 13.1 Å². The first kappa shape index (κ1) is 12.7. The van der Waals surface area contributed by atoms with Crippen molar-refractivity contribution in [3.05, 3.63) is 65.5 Å². The zero-order valence-electron chi connectivity index (χ0n) is 11.5. The van der Waals surface area contributed by atoms with Crippen LogP contribution in [-0.2, 0) is 6.42 Å². The molecule has 0 spiro atoms. The SMILES string of the molecule is OC1Cc2ccccc2C2=NCC[N+]21c1ccc(F)cc1. The Morgan fingerprint density at radius 1 is 1.10 bits per heavy atom. The van der Waals surface area contributed by atoms with Gasteiger partial charge in [0.2, 0.25) is 12.1 Å². The first-order valence-electron chi connectivity index (χ1n) is 7.17. The van der Waals surface area contributed by atoms with E-state index in [1.54, 1.807) is 12.1 Å². The number of aliphatic hydroxyl groups is 1. The van der Waals surface area contributed by atoms with Crippen LogP contribution in [-0.4, -0.2) is 30.3 Å². The summed E-state index contributed by atoms with van der Waals surface area (Å²) in [5.41, 5.74) is 3.13. The Balaban J connectivity index is 1.92. The molecule has 2 aromatic rings. The van der Waals surface area contributed by atoms with Crippen LogP contribution in [0.4, 0.5) is 10.1 Å². The Kier molecular flexibility index (Phi) is 2.71. The maximum atomic E-state index is 13.2. The van der Waals surface area contributed by atoms with Crippen molar-refractivity contribution < 1.29 is 9.50 Å². The molecule has 21 heavy (non-hydrogen) atoms. The lowest BCUT2D eigenvalue weighted by Gasteiger charge is -2.41. The predicted octanol–water partition coefficient (Wildman–Crippen LogP) is 2.47. The fourth-order valence-electron chi connectivity index (χ4n) is 3.54. The van der Waals surface area contributed by atoms with Crippen molar-refractivity contribution in [3.63, 3.8) is 0 Å². The van der Waals surface area contributed by atoms with E-state index in [1.807, 2.05) is 18.2 Å². The Bertz CT molecular complexity index is 726. The molecule has 0 bridgehead atoms. The van der Waals surface area contributed by atoms with Crippen molar-refractivity contribution >= 4 is 11.5 Å². The molecule has 4 heteroatoms. The van der Waals surface area contributed by atoms with Gasteiger partial charge >= 0.3 is 0 Å². The second-order valence-corrected chi connectivity index (χ2v) is 5.62. The third-order valence-corrected chi connectivity index (χ3v) is 4.55. The Morgan fingerprint density at radius 2 is 1.86 bits per heavy atom. The summed E-state index contributed by atoms with van der Waals surface area (Å²) >= 11 is 0. The van der Waals surface area contributed by atoms with Crippen molar-refractivity contribution in [1.82, 2.24) is 4.48 Å². The van der Waals surface area contributed by atoms with Crippen LogP contribution in [0, 0.1) is 5.82 Å². The molecule has 1 N–H and O–H groups in total. The smallest absolute Gasteiger partial charge is 0.238 e. The van der Waals surface area contributed by atoms with Gasteiger partial charge in [-0.15, -0.1) is 0 Å². The van der Waals surface area contributed by atoms with E-state index in [4.69, 9.17) is 0 Å². The van der Waals surface area contributed by atoms with Gasteiger partial charge < -0.3 is 5.11 Å². The summed E-state index contributed by atoms with van der Waals surface area (Å²) in [6, 6.07) is 14.5. The molecule has 2 aliphatic heterocycles. The van der Waals surface area contributed by atoms with E-state index in [9.17, 15) is 9.50 Å². The molecule has 0 fully saturated rings. The van der Waals surface area contributed by atoms with E-state index in [1.165, 1.54) is 12.1 Å². The number of halogens is 1. The summed E-state index contributed by atoms with van der Waals surface area (Å²) in [6.07, 6.45) is 0.0126. The van der Waals surface area contributed by atoms with Crippen molar-refractivity contribution in [2.24, 2.45) is 4.99 Å². The van der Waals surface area contributed by atoms with E-state index in [0.29, 0.717) is 17.4 Å². The number of quaternary nitrogens is 1. The Hall–Kier alpha value is -2.04. The fraction of sp³-hybridized carbons (Fsp3) is 0.235. The summed E-state index contributed by atoms with van der Waals surface area (Å²) in [5.74, 6) is 0.637. The van der Waals surface area contributed by atoms with Crippen LogP contribution in [0.15, 0.2) is 53.5 Å². The van der Waals surface area contributed by atoms with Gasteiger partial charge in [-0.1, -0.05) is 18.2 Å². The molecule has 106 valence electrons. The third kappa shape index (κ3) is 1.69. The molecule has 0 amide bonds. The minimum absolute atomic E-state index is 0.262. The van der Waals surface area contributed by atoms with Crippen molar-refractivity contribution in [1.29, 1.82) is 0 Å². The number of aliphatic hydroxyl groups excluding tert-OH is 1. The quantitative estimate of drug-likeness (QED) is 0.801. The first-order valence-corrected chi connectivity index (χ1v) is 7.17. The van der Waals surface area contributed by atoms with Gasteiger partial charge in [-0.05, 0) is 23.8 Å². The van der Waals surface area contributed by atoms with Gasteiger partial charge in [0.15, 0.2) is 0 Å². The number of amidine groups is 1. The number of rotatable bonds is 1. The zero-order valence-corrected chi connectivity index (χ0v) is 11.5. The summed E-state index contributed by atoms with van der Waals surface area (Å²) < 4.78 is 13.5. The number of hydrogen-bond acceptors (Lipinski definition) is 2. The van der Waals surface area contributed by atoms with E-state index in [-0.39, 0.29) is 5.82 Å². The van der Waals surface area contributed by atoms with E-state index in [2.05, 4.69) is 11.1 Å². The third-order valence-electron chi connectivity index (χ3n) is 4.55. The Morgan fingerprint density at radius 3 is 2.67 bits per heavy atom. The van der Waals surface area contributed by atoms with Crippen LogP contribution in [0.5, 0.6) is 0 Å². The van der Waals surface area contributed by atoms with Crippen molar-refractivity contribution in [2.45, 2.75) is 12.6 Å². The molecule has 3 nitrogen and oxygen atoms in total. The number of hydrogen-bond donors (Lipinski definition) is 1. The highest BCUT2D eigenvalue weighted by molar-refractivity contribution is 6.09. The maximum absolute atomic E-state index is 13.2. The topological polar surface area (TPSA) is 32.6 Å². The number of aliphatic imine (C=N–C) groups is 1. The molecule has 2 aromatic carbocycles. The van der Waals surface area contributed by atoms with Crippen LogP contribution >= 0.6 is 0 Å². The minimum atomic E-state index is -0.577. The molecule has 2 unspecified atom stereocenters. The summed E-state index contributed by atoms with van der Waals surface area (Å²) in [4.78, 5) is 4.66. The molecule has 0 saturated heterocycles. The summed E-state index contributed by atoms with van der Waals surface area (Å²) in [7, 11) is 0. The van der Waals surface area contributed by atoms with Gasteiger partial charge in [-0.25, -0.2) is 13.9 Å². The average Bonchev–Trinajstić information content (AvgIpc) is 2.95. The summed E-state index contributed by atoms with van der Waals surface area (Å²) in [5, 5.41) is 10.8. The first-order chi connectivity index (χ1) is 10.2. The molecule has 0 saturated carbocycles. The molecular formula is C17H16FN2O+. The second kappa shape index (κ2) is 4.48. The lowest BCUT2D eigenvalue weighted by molar-refractivity contribution is 0.0603. The van der Waals surface area contributed by atoms with Crippen LogP contribution < -0.4 is 4.48 Å². The average molecular weight is 283 g/mol.